The lowest BCUT2D eigenvalue weighted by atomic mass is 9.95. The Bertz CT molecular complexity index is 1030. The average molecular weight is 391 g/mol. The average Bonchev–Trinajstić information content (AvgIpc) is 2.68. The number of aromatic nitrogens is 1. The first-order valence-corrected chi connectivity index (χ1v) is 8.81. The monoisotopic (exact) mass is 391 g/mol. The van der Waals surface area contributed by atoms with Gasteiger partial charge >= 0.3 is 0 Å². The quantitative estimate of drug-likeness (QED) is 0.430. The van der Waals surface area contributed by atoms with E-state index in [1.165, 1.54) is 0 Å². The minimum absolute atomic E-state index is 0.00831. The lowest BCUT2D eigenvalue weighted by Gasteiger charge is -2.26. The molecule has 1 aromatic carbocycles. The number of aliphatic imine (C=N–C) groups is 1. The van der Waals surface area contributed by atoms with Crippen molar-refractivity contribution in [3.05, 3.63) is 41.0 Å². The third-order valence-corrected chi connectivity index (χ3v) is 4.34. The van der Waals surface area contributed by atoms with Gasteiger partial charge in [-0.15, -0.1) is 0 Å². The van der Waals surface area contributed by atoms with Gasteiger partial charge in [-0.2, -0.15) is 10.5 Å². The van der Waals surface area contributed by atoms with Crippen molar-refractivity contribution in [1.29, 1.82) is 10.5 Å². The molecule has 10 nitrogen and oxygen atoms in total. The summed E-state index contributed by atoms with van der Waals surface area (Å²) in [7, 11) is 3.94. The fraction of sp³-hybridized carbons (Fsp3) is 0.263. The second-order valence-electron chi connectivity index (χ2n) is 6.63. The van der Waals surface area contributed by atoms with Crippen LogP contribution in [0.25, 0.3) is 0 Å². The second kappa shape index (κ2) is 8.33. The van der Waals surface area contributed by atoms with Crippen molar-refractivity contribution in [3.63, 3.8) is 0 Å². The van der Waals surface area contributed by atoms with E-state index in [1.807, 2.05) is 55.5 Å². The minimum atomic E-state index is -0.598. The van der Waals surface area contributed by atoms with Crippen molar-refractivity contribution in [3.8, 4) is 18.0 Å². The summed E-state index contributed by atoms with van der Waals surface area (Å²) < 4.78 is 5.81. The molecule has 1 atom stereocenters. The molecule has 0 aliphatic carbocycles. The van der Waals surface area contributed by atoms with Crippen molar-refractivity contribution in [2.75, 3.05) is 44.0 Å². The standard InChI is InChI=1S/C19H21N9O/c1-28(2)6-7-29-12-5-3-4-11(8-12)16-14-15(22)13(9-20)17(23)26-18(14)27-19(25-16)24-10-21/h3-5,8,16H,6-7H2,1-2H3,(H6,22,23,24,25,26,27). The topological polar surface area (TPSA) is 161 Å². The Morgan fingerprint density at radius 3 is 2.79 bits per heavy atom. The number of likely N-dealkylation sites (N-methyl/N-ethyl adjacent to an activating group) is 1. The molecule has 29 heavy (non-hydrogen) atoms. The minimum Gasteiger partial charge on any atom is -0.492 e. The number of ether oxygens (including phenoxy) is 1. The molecule has 3 rings (SSSR count). The summed E-state index contributed by atoms with van der Waals surface area (Å²) in [6.07, 6.45) is 1.83. The van der Waals surface area contributed by atoms with Gasteiger partial charge in [0.2, 0.25) is 5.96 Å². The molecule has 1 aliphatic rings. The number of rotatable bonds is 5. The number of nitrogens with zero attached hydrogens (tertiary/aromatic N) is 5. The molecule has 0 amide bonds. The van der Waals surface area contributed by atoms with Crippen LogP contribution in [0.2, 0.25) is 0 Å². The van der Waals surface area contributed by atoms with E-state index in [4.69, 9.17) is 21.5 Å². The van der Waals surface area contributed by atoms with Gasteiger partial charge in [-0.05, 0) is 31.8 Å². The number of nitrogen functional groups attached to an aromatic ring is 2. The highest BCUT2D eigenvalue weighted by Crippen LogP contribution is 2.41. The van der Waals surface area contributed by atoms with Crippen LogP contribution < -0.4 is 26.8 Å². The van der Waals surface area contributed by atoms with E-state index in [0.29, 0.717) is 23.7 Å². The Morgan fingerprint density at radius 2 is 2.10 bits per heavy atom. The predicted molar refractivity (Wildman–Crippen MR) is 110 cm³/mol. The molecule has 0 spiro atoms. The van der Waals surface area contributed by atoms with Crippen LogP contribution in [0.15, 0.2) is 29.3 Å². The van der Waals surface area contributed by atoms with Crippen LogP contribution in [-0.2, 0) is 0 Å². The number of nitriles is 2. The largest absolute Gasteiger partial charge is 0.492 e. The summed E-state index contributed by atoms with van der Waals surface area (Å²) in [5.74, 6) is 1.24. The SMILES string of the molecule is CN(C)CCOc1cccc(C2N=C(NC#N)Nc3nc(N)c(C#N)c(N)c32)c1. The molecule has 0 radical (unpaired) electrons. The van der Waals surface area contributed by atoms with Gasteiger partial charge in [-0.3, -0.25) is 5.32 Å². The highest BCUT2D eigenvalue weighted by molar-refractivity contribution is 5.98. The number of fused-ring (bicyclic) bond motifs is 1. The maximum absolute atomic E-state index is 9.39. The van der Waals surface area contributed by atoms with Gasteiger partial charge in [0, 0.05) is 12.1 Å². The van der Waals surface area contributed by atoms with Crippen LogP contribution in [0.3, 0.4) is 0 Å². The summed E-state index contributed by atoms with van der Waals surface area (Å²) in [4.78, 5) is 10.8. The van der Waals surface area contributed by atoms with Crippen LogP contribution in [0.4, 0.5) is 17.3 Å². The third kappa shape index (κ3) is 4.13. The van der Waals surface area contributed by atoms with Crippen molar-refractivity contribution in [2.24, 2.45) is 4.99 Å². The number of nitrogens with one attached hydrogen (secondary N) is 2. The molecular formula is C19H21N9O. The van der Waals surface area contributed by atoms with E-state index in [-0.39, 0.29) is 23.0 Å². The van der Waals surface area contributed by atoms with Crippen LogP contribution in [-0.4, -0.2) is 43.1 Å². The molecule has 1 aromatic heterocycles. The van der Waals surface area contributed by atoms with Crippen molar-refractivity contribution in [1.82, 2.24) is 15.2 Å². The van der Waals surface area contributed by atoms with Gasteiger partial charge in [0.05, 0.1) is 5.69 Å². The summed E-state index contributed by atoms with van der Waals surface area (Å²) in [6, 6.07) is 8.81. The Morgan fingerprint density at radius 1 is 1.31 bits per heavy atom. The van der Waals surface area contributed by atoms with Gasteiger partial charge in [-0.25, -0.2) is 9.98 Å². The second-order valence-corrected chi connectivity index (χ2v) is 6.63. The van der Waals surface area contributed by atoms with Crippen molar-refractivity contribution >= 4 is 23.3 Å². The number of anilines is 3. The number of nitrogens with two attached hydrogens (primary N) is 2. The van der Waals surface area contributed by atoms with Gasteiger partial charge in [0.25, 0.3) is 0 Å². The van der Waals surface area contributed by atoms with Gasteiger partial charge in [-0.1, -0.05) is 12.1 Å². The number of hydrogen-bond acceptors (Lipinski definition) is 10. The van der Waals surface area contributed by atoms with E-state index >= 15 is 0 Å². The molecule has 0 saturated heterocycles. The predicted octanol–water partition coefficient (Wildman–Crippen LogP) is 1.000. The summed E-state index contributed by atoms with van der Waals surface area (Å²) >= 11 is 0. The van der Waals surface area contributed by atoms with E-state index in [9.17, 15) is 5.26 Å². The molecule has 2 heterocycles. The smallest absolute Gasteiger partial charge is 0.211 e. The van der Waals surface area contributed by atoms with Crippen molar-refractivity contribution in [2.45, 2.75) is 6.04 Å². The zero-order valence-corrected chi connectivity index (χ0v) is 16.1. The lowest BCUT2D eigenvalue weighted by molar-refractivity contribution is 0.261. The molecule has 2 aromatic rings. The molecule has 6 N–H and O–H groups in total. The number of hydrogen-bond donors (Lipinski definition) is 4. The number of benzene rings is 1. The zero-order valence-electron chi connectivity index (χ0n) is 16.1. The molecule has 1 aliphatic heterocycles. The molecule has 0 fully saturated rings. The number of pyridine rings is 1. The first-order valence-electron chi connectivity index (χ1n) is 8.81. The molecule has 1 unspecified atom stereocenters. The Labute approximate surface area is 168 Å². The van der Waals surface area contributed by atoms with Crippen LogP contribution in [0, 0.1) is 22.8 Å². The lowest BCUT2D eigenvalue weighted by Crippen LogP contribution is -2.32. The molecule has 10 heteroatoms. The first kappa shape index (κ1) is 19.7. The van der Waals surface area contributed by atoms with Gasteiger partial charge in [0.1, 0.15) is 41.7 Å². The normalized spacial score (nSPS) is 14.8. The van der Waals surface area contributed by atoms with E-state index in [2.05, 4.69) is 20.6 Å². The highest BCUT2D eigenvalue weighted by atomic mass is 16.5. The maximum atomic E-state index is 9.39. The van der Waals surface area contributed by atoms with Crippen molar-refractivity contribution < 1.29 is 4.74 Å². The summed E-state index contributed by atoms with van der Waals surface area (Å²) in [5.41, 5.74) is 13.7. The van der Waals surface area contributed by atoms with E-state index < -0.39 is 6.04 Å². The molecular weight excluding hydrogens is 370 g/mol. The molecule has 0 bridgehead atoms. The zero-order chi connectivity index (χ0) is 21.0. The first-order chi connectivity index (χ1) is 13.9. The summed E-state index contributed by atoms with van der Waals surface area (Å²) in [6.45, 7) is 1.30. The third-order valence-electron chi connectivity index (χ3n) is 4.34. The Balaban J connectivity index is 2.05. The summed E-state index contributed by atoms with van der Waals surface area (Å²) in [5, 5.41) is 23.7. The number of guanidine groups is 1. The Hall–Kier alpha value is -4.02. The van der Waals surface area contributed by atoms with Gasteiger partial charge < -0.3 is 26.4 Å². The van der Waals surface area contributed by atoms with Crippen LogP contribution in [0.1, 0.15) is 22.7 Å². The highest BCUT2D eigenvalue weighted by Gasteiger charge is 2.29. The fourth-order valence-electron chi connectivity index (χ4n) is 2.94. The Kier molecular flexibility index (Phi) is 5.67. The van der Waals surface area contributed by atoms with Crippen LogP contribution in [0.5, 0.6) is 5.75 Å². The van der Waals surface area contributed by atoms with Gasteiger partial charge in [0.15, 0.2) is 6.19 Å². The fourth-order valence-corrected chi connectivity index (χ4v) is 2.94. The molecule has 148 valence electrons. The molecule has 0 saturated carbocycles. The van der Waals surface area contributed by atoms with E-state index in [0.717, 1.165) is 12.1 Å². The maximum Gasteiger partial charge on any atom is 0.211 e. The van der Waals surface area contributed by atoms with E-state index in [1.54, 1.807) is 0 Å². The van der Waals surface area contributed by atoms with Crippen LogP contribution >= 0.6 is 0 Å².